The second-order valence-electron chi connectivity index (χ2n) is 14.0. The summed E-state index contributed by atoms with van der Waals surface area (Å²) in [5.41, 5.74) is 0. The second kappa shape index (κ2) is 12.5. The summed E-state index contributed by atoms with van der Waals surface area (Å²) >= 11 is 0. The van der Waals surface area contributed by atoms with Crippen LogP contribution in [0.3, 0.4) is 0 Å². The number of ketones is 1. The SMILES string of the molecule is CC(C)(C)[Si](OC[C@@H]1CC(=O)[C@H]1CO[Si](c1ccccc1)(c1ccccc1)C(C)(C)C)(c1ccccc1)c1ccccc1. The molecule has 5 rings (SSSR count). The summed E-state index contributed by atoms with van der Waals surface area (Å²) in [6.45, 7) is 14.7. The van der Waals surface area contributed by atoms with Gasteiger partial charge in [0, 0.05) is 25.6 Å². The molecule has 1 saturated carbocycles. The lowest BCUT2D eigenvalue weighted by Gasteiger charge is -2.47. The van der Waals surface area contributed by atoms with Crippen molar-refractivity contribution in [2.45, 2.75) is 58.0 Å². The van der Waals surface area contributed by atoms with Crippen LogP contribution >= 0.6 is 0 Å². The molecule has 0 N–H and O–H groups in total. The van der Waals surface area contributed by atoms with E-state index in [1.54, 1.807) is 0 Å². The molecule has 5 heteroatoms. The molecule has 2 atom stereocenters. The molecule has 0 aliphatic heterocycles. The normalized spacial score (nSPS) is 17.9. The number of carbonyl (C=O) groups is 1. The van der Waals surface area contributed by atoms with Gasteiger partial charge in [0.25, 0.3) is 16.6 Å². The van der Waals surface area contributed by atoms with Crippen LogP contribution in [0.2, 0.25) is 10.1 Å². The van der Waals surface area contributed by atoms with Gasteiger partial charge in [-0.15, -0.1) is 0 Å². The Balaban J connectivity index is 1.45. The van der Waals surface area contributed by atoms with Gasteiger partial charge in [-0.1, -0.05) is 163 Å². The molecule has 1 aliphatic carbocycles. The number of hydrogen-bond donors (Lipinski definition) is 0. The zero-order valence-corrected chi connectivity index (χ0v) is 28.5. The minimum atomic E-state index is -2.73. The maximum absolute atomic E-state index is 13.2. The Bertz CT molecular complexity index is 1400. The molecule has 0 radical (unpaired) electrons. The fourth-order valence-corrected chi connectivity index (χ4v) is 16.2. The first-order chi connectivity index (χ1) is 20.5. The Labute approximate surface area is 260 Å². The summed E-state index contributed by atoms with van der Waals surface area (Å²) in [6, 6.07) is 42.8. The Kier molecular flexibility index (Phi) is 9.10. The van der Waals surface area contributed by atoms with Crippen LogP contribution in [0.25, 0.3) is 0 Å². The molecule has 0 aromatic heterocycles. The van der Waals surface area contributed by atoms with E-state index in [1.807, 2.05) is 0 Å². The lowest BCUT2D eigenvalue weighted by Crippen LogP contribution is -2.68. The highest BCUT2D eigenvalue weighted by atomic mass is 28.4. The molecule has 0 amide bonds. The van der Waals surface area contributed by atoms with Gasteiger partial charge in [0.15, 0.2) is 0 Å². The summed E-state index contributed by atoms with van der Waals surface area (Å²) in [6.07, 6.45) is 0.549. The quantitative estimate of drug-likeness (QED) is 0.198. The Morgan fingerprint density at radius 1 is 0.535 bits per heavy atom. The van der Waals surface area contributed by atoms with E-state index in [4.69, 9.17) is 8.85 Å². The van der Waals surface area contributed by atoms with Crippen LogP contribution in [0.15, 0.2) is 121 Å². The molecule has 0 unspecified atom stereocenters. The molecule has 3 nitrogen and oxygen atoms in total. The maximum Gasteiger partial charge on any atom is 0.261 e. The van der Waals surface area contributed by atoms with E-state index in [0.717, 1.165) is 0 Å². The highest BCUT2D eigenvalue weighted by Gasteiger charge is 2.54. The summed E-state index contributed by atoms with van der Waals surface area (Å²) in [5, 5.41) is 4.76. The molecular formula is C38H46O3Si2. The molecule has 0 saturated heterocycles. The molecule has 0 spiro atoms. The number of hydrogen-bond acceptors (Lipinski definition) is 3. The zero-order chi connectivity index (χ0) is 30.7. The third-order valence-corrected chi connectivity index (χ3v) is 19.3. The molecular weight excluding hydrogens is 561 g/mol. The van der Waals surface area contributed by atoms with Crippen molar-refractivity contribution in [1.29, 1.82) is 0 Å². The molecule has 0 bridgehead atoms. The molecule has 4 aromatic carbocycles. The Hall–Kier alpha value is -3.10. The smallest absolute Gasteiger partial charge is 0.261 e. The second-order valence-corrected chi connectivity index (χ2v) is 22.6. The highest BCUT2D eigenvalue weighted by Crippen LogP contribution is 2.41. The third-order valence-electron chi connectivity index (χ3n) is 9.27. The first-order valence-corrected chi connectivity index (χ1v) is 19.3. The van der Waals surface area contributed by atoms with E-state index >= 15 is 0 Å². The topological polar surface area (TPSA) is 35.5 Å². The van der Waals surface area contributed by atoms with Gasteiger partial charge in [0.05, 0.1) is 0 Å². The van der Waals surface area contributed by atoms with E-state index in [0.29, 0.717) is 19.6 Å². The van der Waals surface area contributed by atoms with Gasteiger partial charge in [-0.2, -0.15) is 0 Å². The summed E-state index contributed by atoms with van der Waals surface area (Å²) in [7, 11) is -5.42. The highest BCUT2D eigenvalue weighted by molar-refractivity contribution is 7.00. The van der Waals surface area contributed by atoms with Crippen molar-refractivity contribution in [3.05, 3.63) is 121 Å². The maximum atomic E-state index is 13.2. The summed E-state index contributed by atoms with van der Waals surface area (Å²) in [5.74, 6) is 0.251. The van der Waals surface area contributed by atoms with Crippen molar-refractivity contribution in [3.63, 3.8) is 0 Å². The van der Waals surface area contributed by atoms with Crippen LogP contribution in [0.5, 0.6) is 0 Å². The standard InChI is InChI=1S/C38H46O3Si2/c1-37(2,3)42(31-19-11-7-12-20-31,32-21-13-8-14-22-32)40-28-30-27-36(39)35(30)29-41-43(38(4,5)6,33-23-15-9-16-24-33)34-25-17-10-18-26-34/h7-26,30,35H,27-29H2,1-6H3/t30-,35-/m0/s1. The van der Waals surface area contributed by atoms with Crippen LogP contribution in [0.4, 0.5) is 0 Å². The molecule has 224 valence electrons. The van der Waals surface area contributed by atoms with Crippen molar-refractivity contribution in [1.82, 2.24) is 0 Å². The van der Waals surface area contributed by atoms with Gasteiger partial charge in [-0.25, -0.2) is 0 Å². The number of carbonyl (C=O) groups excluding carboxylic acids is 1. The number of benzene rings is 4. The Morgan fingerprint density at radius 3 is 1.12 bits per heavy atom. The zero-order valence-electron chi connectivity index (χ0n) is 26.5. The first kappa shape index (κ1) is 31.3. The lowest BCUT2D eigenvalue weighted by atomic mass is 9.73. The van der Waals surface area contributed by atoms with E-state index in [2.05, 4.69) is 163 Å². The predicted molar refractivity (Wildman–Crippen MR) is 184 cm³/mol. The van der Waals surface area contributed by atoms with Crippen molar-refractivity contribution in [3.8, 4) is 0 Å². The summed E-state index contributed by atoms with van der Waals surface area (Å²) in [4.78, 5) is 13.2. The lowest BCUT2D eigenvalue weighted by molar-refractivity contribution is -0.137. The van der Waals surface area contributed by atoms with Crippen LogP contribution in [0.1, 0.15) is 48.0 Å². The van der Waals surface area contributed by atoms with Crippen molar-refractivity contribution >= 4 is 43.2 Å². The van der Waals surface area contributed by atoms with Gasteiger partial charge < -0.3 is 8.85 Å². The average molecular weight is 607 g/mol. The summed E-state index contributed by atoms with van der Waals surface area (Å²) < 4.78 is 14.5. The van der Waals surface area contributed by atoms with Gasteiger partial charge in [0.2, 0.25) is 0 Å². The van der Waals surface area contributed by atoms with E-state index in [1.165, 1.54) is 20.7 Å². The molecule has 1 aliphatic rings. The van der Waals surface area contributed by atoms with Gasteiger partial charge in [-0.05, 0) is 36.7 Å². The van der Waals surface area contributed by atoms with E-state index in [9.17, 15) is 4.79 Å². The van der Waals surface area contributed by atoms with E-state index < -0.39 is 16.6 Å². The van der Waals surface area contributed by atoms with Crippen LogP contribution < -0.4 is 20.7 Å². The third kappa shape index (κ3) is 5.88. The molecule has 0 heterocycles. The van der Waals surface area contributed by atoms with Gasteiger partial charge in [0.1, 0.15) is 5.78 Å². The monoisotopic (exact) mass is 606 g/mol. The van der Waals surface area contributed by atoms with Crippen LogP contribution in [0, 0.1) is 11.8 Å². The fourth-order valence-electron chi connectivity index (χ4n) is 7.03. The van der Waals surface area contributed by atoms with Crippen molar-refractivity contribution < 1.29 is 13.6 Å². The minimum absolute atomic E-state index is 0.107. The van der Waals surface area contributed by atoms with Crippen molar-refractivity contribution in [2.75, 3.05) is 13.2 Å². The van der Waals surface area contributed by atoms with Crippen LogP contribution in [-0.4, -0.2) is 35.6 Å². The van der Waals surface area contributed by atoms with Gasteiger partial charge in [-0.3, -0.25) is 4.79 Å². The number of Topliss-reactive ketones (excluding diaryl/α,β-unsaturated/α-hetero) is 1. The largest absolute Gasteiger partial charge is 0.407 e. The molecule has 4 aromatic rings. The van der Waals surface area contributed by atoms with Gasteiger partial charge >= 0.3 is 0 Å². The Morgan fingerprint density at radius 2 is 0.837 bits per heavy atom. The van der Waals surface area contributed by atoms with E-state index in [-0.39, 0.29) is 27.7 Å². The fraction of sp³-hybridized carbons (Fsp3) is 0.342. The average Bonchev–Trinajstić information content (AvgIpc) is 2.99. The predicted octanol–water partition coefficient (Wildman–Crippen LogP) is 6.34. The molecule has 1 fully saturated rings. The van der Waals surface area contributed by atoms with Crippen molar-refractivity contribution in [2.24, 2.45) is 11.8 Å². The first-order valence-electron chi connectivity index (χ1n) is 15.5. The van der Waals surface area contributed by atoms with Crippen LogP contribution in [-0.2, 0) is 13.6 Å². The number of rotatable bonds is 10. The minimum Gasteiger partial charge on any atom is -0.407 e. The molecule has 43 heavy (non-hydrogen) atoms.